The fourth-order valence-electron chi connectivity index (χ4n) is 9.25. The summed E-state index contributed by atoms with van der Waals surface area (Å²) in [7, 11) is 0. The zero-order valence-corrected chi connectivity index (χ0v) is 30.4. The summed E-state index contributed by atoms with van der Waals surface area (Å²) < 4.78 is 6.33. The van der Waals surface area contributed by atoms with E-state index in [1.165, 1.54) is 64.6 Å². The Hall–Kier alpha value is -7.42. The largest absolute Gasteiger partial charge is 0.456 e. The van der Waals surface area contributed by atoms with E-state index in [9.17, 15) is 0 Å². The molecule has 12 rings (SSSR count). The van der Waals surface area contributed by atoms with Crippen LogP contribution in [0.1, 0.15) is 0 Å². The third-order valence-corrected chi connectivity index (χ3v) is 11.8. The maximum Gasteiger partial charge on any atom is 0.136 e. The number of nitrogens with zero attached hydrogens (tertiary/aromatic N) is 1. The predicted molar refractivity (Wildman–Crippen MR) is 239 cm³/mol. The molecule has 0 saturated carbocycles. The predicted octanol–water partition coefficient (Wildman–Crippen LogP) is 15.6. The van der Waals surface area contributed by atoms with E-state index in [1.54, 1.807) is 0 Å². The van der Waals surface area contributed by atoms with Crippen LogP contribution in [0.3, 0.4) is 0 Å². The van der Waals surface area contributed by atoms with Gasteiger partial charge in [0.15, 0.2) is 0 Å². The number of benzene rings is 11. The summed E-state index contributed by atoms with van der Waals surface area (Å²) in [5, 5.41) is 17.4. The lowest BCUT2D eigenvalue weighted by atomic mass is 9.93. The van der Waals surface area contributed by atoms with Crippen LogP contribution in [-0.4, -0.2) is 0 Å². The van der Waals surface area contributed by atoms with Crippen LogP contribution >= 0.6 is 0 Å². The highest BCUT2D eigenvalue weighted by Crippen LogP contribution is 2.44. The van der Waals surface area contributed by atoms with Crippen molar-refractivity contribution in [2.75, 3.05) is 4.90 Å². The number of furan rings is 1. The standard InChI is InChI=1S/C54H33NO/c1-3-18-43-39(14-1)41-16-5-7-20-45(41)51-32-37(25-28-47(43)51)55(38-26-29-48-44-19-4-2-15-40(44)42-17-6-8-21-46(42)52(48)33-38)36-13-11-12-34(30-36)35-24-27-50-49-22-9-10-23-53(49)56-54(50)31-35/h1-33H. The second-order valence-corrected chi connectivity index (χ2v) is 14.8. The van der Waals surface area contributed by atoms with Crippen LogP contribution in [0.15, 0.2) is 205 Å². The van der Waals surface area contributed by atoms with Crippen LogP contribution in [0.4, 0.5) is 17.1 Å². The van der Waals surface area contributed by atoms with Crippen LogP contribution in [-0.2, 0) is 0 Å². The Balaban J connectivity index is 1.11. The molecule has 12 aromatic rings. The van der Waals surface area contributed by atoms with Gasteiger partial charge in [-0.3, -0.25) is 0 Å². The number of rotatable bonds is 4. The van der Waals surface area contributed by atoms with Crippen molar-refractivity contribution in [1.82, 2.24) is 0 Å². The number of para-hydroxylation sites is 1. The molecule has 0 saturated heterocycles. The summed E-state index contributed by atoms with van der Waals surface area (Å²) in [5.74, 6) is 0. The molecule has 0 bridgehead atoms. The number of hydrogen-bond donors (Lipinski definition) is 0. The second kappa shape index (κ2) is 12.0. The molecule has 0 radical (unpaired) electrons. The first kappa shape index (κ1) is 31.0. The van der Waals surface area contributed by atoms with Gasteiger partial charge in [0, 0.05) is 27.8 Å². The minimum atomic E-state index is 0.897. The minimum absolute atomic E-state index is 0.897. The lowest BCUT2D eigenvalue weighted by Crippen LogP contribution is -2.10. The summed E-state index contributed by atoms with van der Waals surface area (Å²) >= 11 is 0. The first-order valence-corrected chi connectivity index (χ1v) is 19.3. The molecule has 1 aromatic heterocycles. The lowest BCUT2D eigenvalue weighted by molar-refractivity contribution is 0.669. The molecule has 0 fully saturated rings. The topological polar surface area (TPSA) is 16.4 Å². The SMILES string of the molecule is c1cc(-c2ccc3c(c2)oc2ccccc23)cc(N(c2ccc3c4ccccc4c4ccccc4c3c2)c2ccc3c4ccccc4c4ccccc4c3c2)c1. The van der Waals surface area contributed by atoms with E-state index in [-0.39, 0.29) is 0 Å². The second-order valence-electron chi connectivity index (χ2n) is 14.8. The third kappa shape index (κ3) is 4.63. The van der Waals surface area contributed by atoms with Crippen molar-refractivity contribution in [2.24, 2.45) is 0 Å². The molecule has 11 aromatic carbocycles. The molecule has 0 unspecified atom stereocenters. The van der Waals surface area contributed by atoms with E-state index in [4.69, 9.17) is 4.42 Å². The molecular weight excluding hydrogens is 679 g/mol. The number of hydrogen-bond acceptors (Lipinski definition) is 2. The molecule has 0 aliphatic heterocycles. The third-order valence-electron chi connectivity index (χ3n) is 11.8. The molecule has 0 N–H and O–H groups in total. The van der Waals surface area contributed by atoms with E-state index in [1.807, 2.05) is 12.1 Å². The molecule has 2 nitrogen and oxygen atoms in total. The molecule has 56 heavy (non-hydrogen) atoms. The molecule has 2 heteroatoms. The van der Waals surface area contributed by atoms with Crippen molar-refractivity contribution < 1.29 is 4.42 Å². The van der Waals surface area contributed by atoms with E-state index < -0.39 is 0 Å². The Morgan fingerprint density at radius 1 is 0.232 bits per heavy atom. The maximum atomic E-state index is 6.33. The average molecular weight is 712 g/mol. The van der Waals surface area contributed by atoms with Crippen LogP contribution in [0.5, 0.6) is 0 Å². The Labute approximate surface area is 323 Å². The monoisotopic (exact) mass is 711 g/mol. The van der Waals surface area contributed by atoms with Gasteiger partial charge >= 0.3 is 0 Å². The Bertz CT molecular complexity index is 3330. The molecule has 0 aliphatic rings. The molecule has 0 amide bonds. The van der Waals surface area contributed by atoms with Gasteiger partial charge < -0.3 is 9.32 Å². The summed E-state index contributed by atoms with van der Waals surface area (Å²) in [6.07, 6.45) is 0. The van der Waals surface area contributed by atoms with E-state index in [0.717, 1.165) is 50.1 Å². The smallest absolute Gasteiger partial charge is 0.136 e. The van der Waals surface area contributed by atoms with Crippen LogP contribution in [0.25, 0.3) is 97.7 Å². The van der Waals surface area contributed by atoms with Crippen molar-refractivity contribution in [3.05, 3.63) is 200 Å². The van der Waals surface area contributed by atoms with Gasteiger partial charge in [-0.05, 0) is 130 Å². The number of anilines is 3. The lowest BCUT2D eigenvalue weighted by Gasteiger charge is -2.27. The molecule has 0 spiro atoms. The van der Waals surface area contributed by atoms with Crippen molar-refractivity contribution in [3.63, 3.8) is 0 Å². The van der Waals surface area contributed by atoms with Gasteiger partial charge in [0.05, 0.1) is 0 Å². The van der Waals surface area contributed by atoms with E-state index in [0.29, 0.717) is 0 Å². The summed E-state index contributed by atoms with van der Waals surface area (Å²) in [4.78, 5) is 2.43. The zero-order valence-electron chi connectivity index (χ0n) is 30.4. The Morgan fingerprint density at radius 2 is 0.607 bits per heavy atom. The van der Waals surface area contributed by atoms with Gasteiger partial charge in [-0.25, -0.2) is 0 Å². The maximum absolute atomic E-state index is 6.33. The van der Waals surface area contributed by atoms with Gasteiger partial charge in [0.25, 0.3) is 0 Å². The Morgan fingerprint density at radius 3 is 1.12 bits per heavy atom. The van der Waals surface area contributed by atoms with Gasteiger partial charge in [-0.15, -0.1) is 0 Å². The normalized spacial score (nSPS) is 11.9. The quantitative estimate of drug-likeness (QED) is 0.169. The fourth-order valence-corrected chi connectivity index (χ4v) is 9.25. The highest BCUT2D eigenvalue weighted by atomic mass is 16.3. The van der Waals surface area contributed by atoms with Crippen LogP contribution < -0.4 is 4.90 Å². The molecule has 0 aliphatic carbocycles. The first-order valence-electron chi connectivity index (χ1n) is 19.3. The summed E-state index contributed by atoms with van der Waals surface area (Å²) in [5.41, 5.74) is 7.34. The van der Waals surface area contributed by atoms with Crippen molar-refractivity contribution in [2.45, 2.75) is 0 Å². The molecule has 1 heterocycles. The van der Waals surface area contributed by atoms with Crippen molar-refractivity contribution in [3.8, 4) is 11.1 Å². The first-order chi connectivity index (χ1) is 27.8. The highest BCUT2D eigenvalue weighted by Gasteiger charge is 2.19. The van der Waals surface area contributed by atoms with Gasteiger partial charge in [0.2, 0.25) is 0 Å². The number of fused-ring (bicyclic) bond motifs is 15. The Kier molecular flexibility index (Phi) is 6.66. The van der Waals surface area contributed by atoms with Crippen molar-refractivity contribution in [1.29, 1.82) is 0 Å². The highest BCUT2D eigenvalue weighted by molar-refractivity contribution is 6.27. The molecular formula is C54H33NO. The molecule has 0 atom stereocenters. The molecule has 260 valence electrons. The van der Waals surface area contributed by atoms with E-state index >= 15 is 0 Å². The fraction of sp³-hybridized carbons (Fsp3) is 0. The van der Waals surface area contributed by atoms with Crippen molar-refractivity contribution >= 4 is 104 Å². The summed E-state index contributed by atoms with van der Waals surface area (Å²) in [6, 6.07) is 73.0. The van der Waals surface area contributed by atoms with Crippen LogP contribution in [0, 0.1) is 0 Å². The zero-order chi connectivity index (χ0) is 36.7. The summed E-state index contributed by atoms with van der Waals surface area (Å²) in [6.45, 7) is 0. The average Bonchev–Trinajstić information content (AvgIpc) is 3.65. The van der Waals surface area contributed by atoms with Gasteiger partial charge in [-0.2, -0.15) is 0 Å². The van der Waals surface area contributed by atoms with Gasteiger partial charge in [0.1, 0.15) is 11.2 Å². The van der Waals surface area contributed by atoms with Gasteiger partial charge in [-0.1, -0.05) is 146 Å². The van der Waals surface area contributed by atoms with E-state index in [2.05, 4.69) is 193 Å². The minimum Gasteiger partial charge on any atom is -0.456 e. The van der Waals surface area contributed by atoms with Crippen LogP contribution in [0.2, 0.25) is 0 Å².